The third-order valence-electron chi connectivity index (χ3n) is 2.65. The van der Waals surface area contributed by atoms with Gasteiger partial charge in [-0.25, -0.2) is 0 Å². The first-order chi connectivity index (χ1) is 7.27. The molecule has 2 rings (SSSR count). The van der Waals surface area contributed by atoms with Gasteiger partial charge in [0.25, 0.3) is 0 Å². The summed E-state index contributed by atoms with van der Waals surface area (Å²) in [6, 6.07) is 1.99. The molecule has 1 N–H and O–H groups in total. The predicted octanol–water partition coefficient (Wildman–Crippen LogP) is 0.0374. The van der Waals surface area contributed by atoms with Crippen molar-refractivity contribution >= 4 is 5.91 Å². The Balaban J connectivity index is 1.95. The van der Waals surface area contributed by atoms with Crippen molar-refractivity contribution in [1.29, 1.82) is 0 Å². The number of nitrogens with zero attached hydrogens (tertiary/aromatic N) is 2. The van der Waals surface area contributed by atoms with Gasteiger partial charge in [0.2, 0.25) is 5.91 Å². The molecule has 1 aliphatic rings. The van der Waals surface area contributed by atoms with Crippen LogP contribution in [-0.4, -0.2) is 41.6 Å². The van der Waals surface area contributed by atoms with Gasteiger partial charge >= 0.3 is 0 Å². The minimum Gasteiger partial charge on any atom is -0.364 e. The second kappa shape index (κ2) is 4.44. The molecule has 1 fully saturated rings. The predicted molar refractivity (Wildman–Crippen MR) is 54.3 cm³/mol. The molecule has 1 saturated heterocycles. The van der Waals surface area contributed by atoms with E-state index in [1.165, 1.54) is 6.26 Å². The van der Waals surface area contributed by atoms with Gasteiger partial charge in [0.15, 0.2) is 0 Å². The molecule has 1 amide bonds. The molecular weight excluding hydrogens is 194 g/mol. The Morgan fingerprint density at radius 2 is 2.67 bits per heavy atom. The molecule has 1 atom stereocenters. The summed E-state index contributed by atoms with van der Waals surface area (Å²) in [6.07, 6.45) is 1.82. The summed E-state index contributed by atoms with van der Waals surface area (Å²) in [6.45, 7) is 4.56. The third kappa shape index (κ3) is 2.36. The molecule has 1 aromatic rings. The van der Waals surface area contributed by atoms with E-state index in [0.29, 0.717) is 12.1 Å². The van der Waals surface area contributed by atoms with Crippen molar-refractivity contribution < 1.29 is 9.32 Å². The van der Waals surface area contributed by atoms with E-state index in [4.69, 9.17) is 4.52 Å². The standard InChI is InChI=1S/C10H15N3O2/c1-8-7-11-3-4-13(8)10(14)6-9-2-5-15-12-9/h2,5,8,11H,3-4,6-7H2,1H3/t8-/m0/s1. The van der Waals surface area contributed by atoms with Gasteiger partial charge in [0.1, 0.15) is 6.26 Å². The van der Waals surface area contributed by atoms with Crippen LogP contribution in [0.5, 0.6) is 0 Å². The van der Waals surface area contributed by atoms with E-state index in [-0.39, 0.29) is 11.9 Å². The van der Waals surface area contributed by atoms with Crippen molar-refractivity contribution in [3.8, 4) is 0 Å². The fraction of sp³-hybridized carbons (Fsp3) is 0.600. The number of piperazine rings is 1. The summed E-state index contributed by atoms with van der Waals surface area (Å²) >= 11 is 0. The van der Waals surface area contributed by atoms with Crippen LogP contribution in [0.4, 0.5) is 0 Å². The van der Waals surface area contributed by atoms with Crippen molar-refractivity contribution in [3.05, 3.63) is 18.0 Å². The number of nitrogens with one attached hydrogen (secondary N) is 1. The van der Waals surface area contributed by atoms with Crippen LogP contribution in [0.15, 0.2) is 16.9 Å². The molecule has 0 saturated carbocycles. The SMILES string of the molecule is C[C@H]1CNCCN1C(=O)Cc1ccon1. The first kappa shape index (κ1) is 10.2. The molecule has 5 nitrogen and oxygen atoms in total. The lowest BCUT2D eigenvalue weighted by molar-refractivity contribution is -0.133. The molecule has 2 heterocycles. The summed E-state index contributed by atoms with van der Waals surface area (Å²) in [7, 11) is 0. The van der Waals surface area contributed by atoms with Gasteiger partial charge in [-0.3, -0.25) is 4.79 Å². The Hall–Kier alpha value is -1.36. The van der Waals surface area contributed by atoms with Gasteiger partial charge in [-0.15, -0.1) is 0 Å². The van der Waals surface area contributed by atoms with Crippen LogP contribution in [0, 0.1) is 0 Å². The molecule has 0 aliphatic carbocycles. The first-order valence-electron chi connectivity index (χ1n) is 5.17. The van der Waals surface area contributed by atoms with Gasteiger partial charge in [-0.05, 0) is 6.92 Å². The molecule has 0 spiro atoms. The number of aromatic nitrogens is 1. The van der Waals surface area contributed by atoms with Crippen molar-refractivity contribution in [2.24, 2.45) is 0 Å². The molecule has 0 unspecified atom stereocenters. The van der Waals surface area contributed by atoms with E-state index < -0.39 is 0 Å². The summed E-state index contributed by atoms with van der Waals surface area (Å²) < 4.78 is 4.70. The molecule has 0 radical (unpaired) electrons. The van der Waals surface area contributed by atoms with Crippen LogP contribution >= 0.6 is 0 Å². The van der Waals surface area contributed by atoms with Gasteiger partial charge in [-0.1, -0.05) is 5.16 Å². The summed E-state index contributed by atoms with van der Waals surface area (Å²) in [5.41, 5.74) is 0.700. The number of hydrogen-bond acceptors (Lipinski definition) is 4. The van der Waals surface area contributed by atoms with Gasteiger partial charge < -0.3 is 14.7 Å². The van der Waals surface area contributed by atoms with Crippen molar-refractivity contribution in [2.75, 3.05) is 19.6 Å². The van der Waals surface area contributed by atoms with Crippen molar-refractivity contribution in [3.63, 3.8) is 0 Å². The molecule has 82 valence electrons. The topological polar surface area (TPSA) is 58.4 Å². The minimum atomic E-state index is 0.123. The van der Waals surface area contributed by atoms with Crippen LogP contribution in [0.2, 0.25) is 0 Å². The second-order valence-electron chi connectivity index (χ2n) is 3.81. The quantitative estimate of drug-likeness (QED) is 0.747. The van der Waals surface area contributed by atoms with Gasteiger partial charge in [-0.2, -0.15) is 0 Å². The maximum atomic E-state index is 11.9. The normalized spacial score (nSPS) is 21.7. The minimum absolute atomic E-state index is 0.123. The van der Waals surface area contributed by atoms with Crippen LogP contribution in [0.25, 0.3) is 0 Å². The number of carbonyl (C=O) groups excluding carboxylic acids is 1. The summed E-state index contributed by atoms with van der Waals surface area (Å²) in [5, 5.41) is 6.99. The average Bonchev–Trinajstić information content (AvgIpc) is 2.71. The number of amides is 1. The molecule has 1 aromatic heterocycles. The molecule has 15 heavy (non-hydrogen) atoms. The van der Waals surface area contributed by atoms with E-state index in [0.717, 1.165) is 19.6 Å². The highest BCUT2D eigenvalue weighted by molar-refractivity contribution is 5.78. The largest absolute Gasteiger partial charge is 0.364 e. The summed E-state index contributed by atoms with van der Waals surface area (Å²) in [4.78, 5) is 13.8. The zero-order valence-corrected chi connectivity index (χ0v) is 8.77. The van der Waals surface area contributed by atoms with E-state index >= 15 is 0 Å². The number of rotatable bonds is 2. The lowest BCUT2D eigenvalue weighted by atomic mass is 10.2. The monoisotopic (exact) mass is 209 g/mol. The Morgan fingerprint density at radius 3 is 3.33 bits per heavy atom. The van der Waals surface area contributed by atoms with Gasteiger partial charge in [0, 0.05) is 31.7 Å². The lowest BCUT2D eigenvalue weighted by Crippen LogP contribution is -2.52. The van der Waals surface area contributed by atoms with Crippen molar-refractivity contribution in [2.45, 2.75) is 19.4 Å². The third-order valence-corrected chi connectivity index (χ3v) is 2.65. The molecule has 0 aromatic carbocycles. The van der Waals surface area contributed by atoms with Crippen molar-refractivity contribution in [1.82, 2.24) is 15.4 Å². The Kier molecular flexibility index (Phi) is 3.01. The maximum absolute atomic E-state index is 11.9. The first-order valence-corrected chi connectivity index (χ1v) is 5.17. The maximum Gasteiger partial charge on any atom is 0.229 e. The number of hydrogen-bond donors (Lipinski definition) is 1. The van der Waals surface area contributed by atoms with E-state index in [1.54, 1.807) is 6.07 Å². The van der Waals surface area contributed by atoms with Crippen LogP contribution < -0.4 is 5.32 Å². The van der Waals surface area contributed by atoms with E-state index in [1.807, 2.05) is 11.8 Å². The van der Waals surface area contributed by atoms with Crippen LogP contribution in [0.1, 0.15) is 12.6 Å². The second-order valence-corrected chi connectivity index (χ2v) is 3.81. The lowest BCUT2D eigenvalue weighted by Gasteiger charge is -2.33. The number of carbonyl (C=O) groups is 1. The van der Waals surface area contributed by atoms with Crippen LogP contribution in [-0.2, 0) is 11.2 Å². The molecule has 5 heteroatoms. The Labute approximate surface area is 88.4 Å². The van der Waals surface area contributed by atoms with E-state index in [9.17, 15) is 4.79 Å². The average molecular weight is 209 g/mol. The highest BCUT2D eigenvalue weighted by Crippen LogP contribution is 2.06. The summed E-state index contributed by atoms with van der Waals surface area (Å²) in [5.74, 6) is 0.123. The highest BCUT2D eigenvalue weighted by Gasteiger charge is 2.23. The molecule has 0 bridgehead atoms. The molecule has 1 aliphatic heterocycles. The zero-order valence-electron chi connectivity index (χ0n) is 8.77. The van der Waals surface area contributed by atoms with Crippen LogP contribution in [0.3, 0.4) is 0 Å². The fourth-order valence-corrected chi connectivity index (χ4v) is 1.80. The zero-order chi connectivity index (χ0) is 10.7. The Bertz CT molecular complexity index is 323. The smallest absolute Gasteiger partial charge is 0.229 e. The fourth-order valence-electron chi connectivity index (χ4n) is 1.80. The van der Waals surface area contributed by atoms with E-state index in [2.05, 4.69) is 10.5 Å². The van der Waals surface area contributed by atoms with Gasteiger partial charge in [0.05, 0.1) is 12.1 Å². The Morgan fingerprint density at radius 1 is 1.80 bits per heavy atom. The highest BCUT2D eigenvalue weighted by atomic mass is 16.5. The molecular formula is C10H15N3O2.